The van der Waals surface area contributed by atoms with Crippen LogP contribution in [0, 0.1) is 23.2 Å². The summed E-state index contributed by atoms with van der Waals surface area (Å²) >= 11 is 0. The minimum absolute atomic E-state index is 0.151. The highest BCUT2D eigenvalue weighted by Gasteiger charge is 2.55. The highest BCUT2D eigenvalue weighted by atomic mass is 16.5. The van der Waals surface area contributed by atoms with Crippen LogP contribution in [0.4, 0.5) is 11.4 Å². The molecule has 0 spiro atoms. The van der Waals surface area contributed by atoms with Crippen molar-refractivity contribution < 1.29 is 19.1 Å². The van der Waals surface area contributed by atoms with E-state index in [0.717, 1.165) is 19.3 Å². The molecule has 6 nitrogen and oxygen atoms in total. The summed E-state index contributed by atoms with van der Waals surface area (Å²) in [5.41, 5.74) is 0.895. The first-order valence-corrected chi connectivity index (χ1v) is 10.2. The third kappa shape index (κ3) is 3.77. The molecule has 4 aliphatic rings. The molecule has 2 N–H and O–H groups in total. The van der Waals surface area contributed by atoms with E-state index in [0.29, 0.717) is 29.1 Å². The number of carbonyl (C=O) groups excluding carboxylic acids is 3. The fourth-order valence-electron chi connectivity index (χ4n) is 5.78. The van der Waals surface area contributed by atoms with Gasteiger partial charge in [-0.1, -0.05) is 0 Å². The molecule has 1 aromatic carbocycles. The Labute approximate surface area is 165 Å². The van der Waals surface area contributed by atoms with Gasteiger partial charge in [0.15, 0.2) is 6.10 Å². The lowest BCUT2D eigenvalue weighted by molar-refractivity contribution is -0.177. The lowest BCUT2D eigenvalue weighted by Gasteiger charge is -2.55. The molecule has 28 heavy (non-hydrogen) atoms. The molecule has 0 aliphatic heterocycles. The molecule has 0 saturated heterocycles. The Morgan fingerprint density at radius 2 is 1.39 bits per heavy atom. The van der Waals surface area contributed by atoms with Crippen LogP contribution in [0.15, 0.2) is 24.3 Å². The Morgan fingerprint density at radius 1 is 0.929 bits per heavy atom. The summed E-state index contributed by atoms with van der Waals surface area (Å²) < 4.78 is 5.64. The van der Waals surface area contributed by atoms with Gasteiger partial charge in [-0.2, -0.15) is 0 Å². The number of nitrogens with one attached hydrogen (secondary N) is 2. The second-order valence-electron chi connectivity index (χ2n) is 8.99. The summed E-state index contributed by atoms with van der Waals surface area (Å²) in [6, 6.07) is 6.83. The standard InChI is InChI=1S/C22H28N2O4/c1-13(20(26)24-19-5-3-18(4-6-19)23-14(2)25)28-21(27)22-10-15-7-16(11-22)9-17(8-15)12-22/h3-6,13,15-17H,7-12H2,1-2H3,(H,23,25)(H,24,26). The molecule has 0 heterocycles. The van der Waals surface area contributed by atoms with E-state index in [2.05, 4.69) is 10.6 Å². The Kier molecular flexibility index (Phi) is 4.89. The van der Waals surface area contributed by atoms with E-state index >= 15 is 0 Å². The molecule has 1 unspecified atom stereocenters. The van der Waals surface area contributed by atoms with Crippen LogP contribution in [-0.2, 0) is 19.1 Å². The second kappa shape index (κ2) is 7.22. The van der Waals surface area contributed by atoms with E-state index in [9.17, 15) is 14.4 Å². The van der Waals surface area contributed by atoms with Crippen molar-refractivity contribution >= 4 is 29.2 Å². The summed E-state index contributed by atoms with van der Waals surface area (Å²) in [7, 11) is 0. The van der Waals surface area contributed by atoms with Crippen LogP contribution in [0.5, 0.6) is 0 Å². The maximum Gasteiger partial charge on any atom is 0.312 e. The van der Waals surface area contributed by atoms with E-state index < -0.39 is 6.10 Å². The van der Waals surface area contributed by atoms with Gasteiger partial charge in [0, 0.05) is 18.3 Å². The minimum atomic E-state index is -0.837. The van der Waals surface area contributed by atoms with Gasteiger partial charge in [-0.15, -0.1) is 0 Å². The molecule has 1 atom stereocenters. The summed E-state index contributed by atoms with van der Waals surface area (Å²) in [6.07, 6.45) is 5.73. The maximum atomic E-state index is 13.0. The zero-order valence-corrected chi connectivity index (χ0v) is 16.5. The van der Waals surface area contributed by atoms with E-state index in [4.69, 9.17) is 4.74 Å². The normalized spacial score (nSPS) is 31.1. The van der Waals surface area contributed by atoms with Crippen molar-refractivity contribution in [2.45, 2.75) is 58.5 Å². The third-order valence-electron chi connectivity index (χ3n) is 6.60. The Bertz CT molecular complexity index is 751. The van der Waals surface area contributed by atoms with Crippen molar-refractivity contribution in [1.82, 2.24) is 0 Å². The fourth-order valence-corrected chi connectivity index (χ4v) is 5.78. The number of ether oxygens (including phenoxy) is 1. The summed E-state index contributed by atoms with van der Waals surface area (Å²) in [5, 5.41) is 5.45. The first-order chi connectivity index (χ1) is 13.3. The Morgan fingerprint density at radius 3 is 1.86 bits per heavy atom. The monoisotopic (exact) mass is 384 g/mol. The highest BCUT2D eigenvalue weighted by Crippen LogP contribution is 2.60. The van der Waals surface area contributed by atoms with Gasteiger partial charge in [0.05, 0.1) is 5.41 Å². The SMILES string of the molecule is CC(=O)Nc1ccc(NC(=O)C(C)OC(=O)C23CC4CC(CC(C4)C2)C3)cc1. The van der Waals surface area contributed by atoms with Gasteiger partial charge < -0.3 is 15.4 Å². The van der Waals surface area contributed by atoms with Crippen molar-refractivity contribution in [2.24, 2.45) is 23.2 Å². The quantitative estimate of drug-likeness (QED) is 0.758. The molecule has 0 radical (unpaired) electrons. The number of esters is 1. The molecule has 2 amide bonds. The zero-order chi connectivity index (χ0) is 19.9. The van der Waals surface area contributed by atoms with Crippen LogP contribution in [0.3, 0.4) is 0 Å². The molecule has 4 saturated carbocycles. The van der Waals surface area contributed by atoms with Gasteiger partial charge in [-0.25, -0.2) is 0 Å². The molecule has 150 valence electrons. The third-order valence-corrected chi connectivity index (χ3v) is 6.60. The molecule has 0 aromatic heterocycles. The smallest absolute Gasteiger partial charge is 0.312 e. The van der Waals surface area contributed by atoms with Crippen molar-refractivity contribution in [1.29, 1.82) is 0 Å². The van der Waals surface area contributed by atoms with Crippen LogP contribution >= 0.6 is 0 Å². The first-order valence-electron chi connectivity index (χ1n) is 10.2. The van der Waals surface area contributed by atoms with Gasteiger partial charge in [0.25, 0.3) is 5.91 Å². The average Bonchev–Trinajstić information content (AvgIpc) is 2.61. The number of hydrogen-bond donors (Lipinski definition) is 2. The predicted octanol–water partition coefficient (Wildman–Crippen LogP) is 3.73. The number of carbonyl (C=O) groups is 3. The van der Waals surface area contributed by atoms with Gasteiger partial charge in [0.2, 0.25) is 5.91 Å². The lowest BCUT2D eigenvalue weighted by atomic mass is 9.49. The highest BCUT2D eigenvalue weighted by molar-refractivity contribution is 5.96. The average molecular weight is 384 g/mol. The molecular formula is C22H28N2O4. The molecule has 4 bridgehead atoms. The Hall–Kier alpha value is -2.37. The molecule has 4 aliphatic carbocycles. The topological polar surface area (TPSA) is 84.5 Å². The minimum Gasteiger partial charge on any atom is -0.452 e. The molecular weight excluding hydrogens is 356 g/mol. The number of amides is 2. The number of rotatable bonds is 5. The maximum absolute atomic E-state index is 13.0. The molecule has 6 heteroatoms. The lowest BCUT2D eigenvalue weighted by Crippen LogP contribution is -2.51. The van der Waals surface area contributed by atoms with Crippen molar-refractivity contribution in [3.8, 4) is 0 Å². The van der Waals surface area contributed by atoms with Crippen LogP contribution in [-0.4, -0.2) is 23.9 Å². The van der Waals surface area contributed by atoms with Crippen LogP contribution in [0.1, 0.15) is 52.4 Å². The van der Waals surface area contributed by atoms with Crippen molar-refractivity contribution in [3.05, 3.63) is 24.3 Å². The van der Waals surface area contributed by atoms with Crippen molar-refractivity contribution in [3.63, 3.8) is 0 Å². The Balaban J connectivity index is 1.34. The van der Waals surface area contributed by atoms with Gasteiger partial charge in [0.1, 0.15) is 0 Å². The zero-order valence-electron chi connectivity index (χ0n) is 16.5. The van der Waals surface area contributed by atoms with Gasteiger partial charge >= 0.3 is 5.97 Å². The summed E-state index contributed by atoms with van der Waals surface area (Å²) in [6.45, 7) is 3.06. The number of benzene rings is 1. The van der Waals surface area contributed by atoms with Crippen LogP contribution < -0.4 is 10.6 Å². The van der Waals surface area contributed by atoms with Crippen LogP contribution in [0.2, 0.25) is 0 Å². The van der Waals surface area contributed by atoms with Crippen LogP contribution in [0.25, 0.3) is 0 Å². The van der Waals surface area contributed by atoms with Crippen molar-refractivity contribution in [2.75, 3.05) is 10.6 Å². The number of anilines is 2. The molecule has 5 rings (SSSR count). The summed E-state index contributed by atoms with van der Waals surface area (Å²) in [5.74, 6) is 1.29. The van der Waals surface area contributed by atoms with E-state index in [1.807, 2.05) is 0 Å². The first kappa shape index (κ1) is 19.0. The van der Waals surface area contributed by atoms with E-state index in [-0.39, 0.29) is 23.2 Å². The van der Waals surface area contributed by atoms with E-state index in [1.165, 1.54) is 26.2 Å². The fraction of sp³-hybridized carbons (Fsp3) is 0.591. The largest absolute Gasteiger partial charge is 0.452 e. The number of hydrogen-bond acceptors (Lipinski definition) is 4. The van der Waals surface area contributed by atoms with Gasteiger partial charge in [-0.05, 0) is 87.5 Å². The van der Waals surface area contributed by atoms with Gasteiger partial charge in [-0.3, -0.25) is 14.4 Å². The molecule has 4 fully saturated rings. The van der Waals surface area contributed by atoms with E-state index in [1.54, 1.807) is 31.2 Å². The predicted molar refractivity (Wildman–Crippen MR) is 106 cm³/mol. The second-order valence-corrected chi connectivity index (χ2v) is 8.99. The molecule has 1 aromatic rings. The summed E-state index contributed by atoms with van der Waals surface area (Å²) in [4.78, 5) is 36.5.